The van der Waals surface area contributed by atoms with Crippen LogP contribution in [0.2, 0.25) is 0 Å². The molecule has 3 fully saturated rings. The molecule has 0 aromatic carbocycles. The quantitative estimate of drug-likeness (QED) is 0.559. The van der Waals surface area contributed by atoms with Crippen molar-refractivity contribution in [3.63, 3.8) is 0 Å². The summed E-state index contributed by atoms with van der Waals surface area (Å²) in [7, 11) is 0. The van der Waals surface area contributed by atoms with Gasteiger partial charge in [0.1, 0.15) is 6.04 Å². The number of carboxylic acids is 1. The molecule has 0 saturated heterocycles. The Morgan fingerprint density at radius 2 is 1.88 bits per heavy atom. The van der Waals surface area contributed by atoms with E-state index in [9.17, 15) is 14.7 Å². The van der Waals surface area contributed by atoms with Crippen LogP contribution >= 0.6 is 0 Å². The van der Waals surface area contributed by atoms with Gasteiger partial charge in [0.15, 0.2) is 6.61 Å². The molecule has 0 aromatic rings. The van der Waals surface area contributed by atoms with Crippen molar-refractivity contribution in [1.82, 2.24) is 5.32 Å². The average molecular weight is 447 g/mol. The number of amides is 1. The summed E-state index contributed by atoms with van der Waals surface area (Å²) in [5.74, 6) is 0.371. The van der Waals surface area contributed by atoms with Gasteiger partial charge in [0.25, 0.3) is 5.91 Å². The smallest absolute Gasteiger partial charge is 0.325 e. The number of hydrogen-bond acceptors (Lipinski definition) is 5. The van der Waals surface area contributed by atoms with E-state index in [4.69, 9.17) is 9.94 Å². The van der Waals surface area contributed by atoms with Crippen molar-refractivity contribution < 1.29 is 24.6 Å². The standard InChI is InChI=1S/C25H38N2O5/c1-15(22(29)30)26-21(28)14-32-27-17-7-10-23(2)16(13-17)5-6-18-19(23)8-11-24(3)20(18)9-12-25(24,4)31/h13,15,18-20,31H,5-12,14H2,1-4H3,(H,26,28)(H,29,30)/b27-17+/t15-,18+,19-,20-,23-,24-,25-/m0/s1. The molecule has 178 valence electrons. The van der Waals surface area contributed by atoms with Crippen LogP contribution in [0, 0.1) is 28.6 Å². The lowest BCUT2D eigenvalue weighted by molar-refractivity contribution is -0.142. The Bertz CT molecular complexity index is 849. The van der Waals surface area contributed by atoms with Gasteiger partial charge in [-0.05, 0) is 99.9 Å². The summed E-state index contributed by atoms with van der Waals surface area (Å²) in [6, 6.07) is -0.952. The van der Waals surface area contributed by atoms with Crippen molar-refractivity contribution in [1.29, 1.82) is 0 Å². The molecule has 7 heteroatoms. The number of carboxylic acid groups (broad SMARTS) is 1. The lowest BCUT2D eigenvalue weighted by Crippen LogP contribution is -2.53. The Kier molecular flexibility index (Phi) is 5.93. The molecule has 0 bridgehead atoms. The molecule has 4 aliphatic carbocycles. The van der Waals surface area contributed by atoms with Crippen LogP contribution in [0.3, 0.4) is 0 Å². The maximum atomic E-state index is 11.8. The van der Waals surface area contributed by atoms with E-state index in [1.807, 2.05) is 0 Å². The zero-order valence-corrected chi connectivity index (χ0v) is 19.8. The van der Waals surface area contributed by atoms with Crippen LogP contribution in [-0.4, -0.2) is 46.1 Å². The van der Waals surface area contributed by atoms with Gasteiger partial charge in [-0.2, -0.15) is 0 Å². The minimum absolute atomic E-state index is 0.0412. The summed E-state index contributed by atoms with van der Waals surface area (Å²) >= 11 is 0. The molecule has 0 aliphatic heterocycles. The van der Waals surface area contributed by atoms with E-state index in [-0.39, 0.29) is 17.4 Å². The summed E-state index contributed by atoms with van der Waals surface area (Å²) in [6.45, 7) is 7.92. The highest BCUT2D eigenvalue weighted by molar-refractivity contribution is 5.96. The number of nitrogens with zero attached hydrogens (tertiary/aromatic N) is 1. The van der Waals surface area contributed by atoms with Crippen molar-refractivity contribution in [2.75, 3.05) is 6.61 Å². The van der Waals surface area contributed by atoms with E-state index < -0.39 is 23.5 Å². The summed E-state index contributed by atoms with van der Waals surface area (Å²) in [4.78, 5) is 27.9. The predicted molar refractivity (Wildman–Crippen MR) is 121 cm³/mol. The molecule has 32 heavy (non-hydrogen) atoms. The normalized spacial score (nSPS) is 42.8. The Morgan fingerprint density at radius 3 is 2.59 bits per heavy atom. The first-order valence-electron chi connectivity index (χ1n) is 12.1. The lowest BCUT2D eigenvalue weighted by Gasteiger charge is -2.59. The number of carbonyl (C=O) groups excluding carboxylic acids is 1. The second-order valence-corrected chi connectivity index (χ2v) is 11.3. The number of aliphatic hydroxyl groups is 1. The Hall–Kier alpha value is -1.89. The van der Waals surface area contributed by atoms with E-state index in [0.717, 1.165) is 44.2 Å². The van der Waals surface area contributed by atoms with Crippen LogP contribution in [0.4, 0.5) is 0 Å². The van der Waals surface area contributed by atoms with E-state index in [1.165, 1.54) is 25.3 Å². The highest BCUT2D eigenvalue weighted by atomic mass is 16.6. The number of hydrogen-bond donors (Lipinski definition) is 3. The van der Waals surface area contributed by atoms with Gasteiger partial charge in [-0.15, -0.1) is 0 Å². The fraction of sp³-hybridized carbons (Fsp3) is 0.800. The van der Waals surface area contributed by atoms with Crippen LogP contribution in [0.15, 0.2) is 16.8 Å². The molecule has 1 amide bonds. The third-order valence-corrected chi connectivity index (χ3v) is 9.66. The zero-order chi connectivity index (χ0) is 23.3. The highest BCUT2D eigenvalue weighted by Gasteiger charge is 2.62. The van der Waals surface area contributed by atoms with Crippen molar-refractivity contribution in [3.05, 3.63) is 11.6 Å². The lowest BCUT2D eigenvalue weighted by atomic mass is 9.46. The molecule has 3 saturated carbocycles. The highest BCUT2D eigenvalue weighted by Crippen LogP contribution is 2.67. The molecule has 0 unspecified atom stereocenters. The van der Waals surface area contributed by atoms with E-state index in [1.54, 1.807) is 0 Å². The zero-order valence-electron chi connectivity index (χ0n) is 19.8. The predicted octanol–water partition coefficient (Wildman–Crippen LogP) is 3.66. The molecule has 3 N–H and O–H groups in total. The first-order chi connectivity index (χ1) is 15.0. The summed E-state index contributed by atoms with van der Waals surface area (Å²) < 4.78 is 0. The Balaban J connectivity index is 1.42. The number of allylic oxidation sites excluding steroid dienone is 2. The fourth-order valence-electron chi connectivity index (χ4n) is 7.41. The first-order valence-corrected chi connectivity index (χ1v) is 12.1. The third kappa shape index (κ3) is 3.76. The summed E-state index contributed by atoms with van der Waals surface area (Å²) in [5.41, 5.74) is 1.98. The van der Waals surface area contributed by atoms with Crippen molar-refractivity contribution in [2.24, 2.45) is 33.7 Å². The van der Waals surface area contributed by atoms with Gasteiger partial charge in [-0.25, -0.2) is 0 Å². The van der Waals surface area contributed by atoms with Gasteiger partial charge in [0.05, 0.1) is 11.3 Å². The largest absolute Gasteiger partial charge is 0.480 e. The minimum Gasteiger partial charge on any atom is -0.480 e. The first kappa shape index (κ1) is 23.3. The average Bonchev–Trinajstić information content (AvgIpc) is 2.97. The molecule has 0 spiro atoms. The maximum absolute atomic E-state index is 11.8. The molecule has 4 rings (SSSR count). The van der Waals surface area contributed by atoms with Gasteiger partial charge in [-0.3, -0.25) is 9.59 Å². The molecule has 0 aromatic heterocycles. The number of rotatable bonds is 5. The van der Waals surface area contributed by atoms with Crippen molar-refractivity contribution >= 4 is 17.6 Å². The number of nitrogens with one attached hydrogen (secondary N) is 1. The summed E-state index contributed by atoms with van der Waals surface area (Å²) in [5, 5.41) is 26.5. The van der Waals surface area contributed by atoms with Crippen LogP contribution < -0.4 is 5.32 Å². The van der Waals surface area contributed by atoms with Crippen LogP contribution in [0.25, 0.3) is 0 Å². The molecule has 7 atom stereocenters. The maximum Gasteiger partial charge on any atom is 0.325 e. The number of fused-ring (bicyclic) bond motifs is 5. The van der Waals surface area contributed by atoms with E-state index in [0.29, 0.717) is 17.8 Å². The fourth-order valence-corrected chi connectivity index (χ4v) is 7.41. The molecular formula is C25H38N2O5. The number of aliphatic carboxylic acids is 1. The second kappa shape index (κ2) is 8.15. The molecule has 0 heterocycles. The van der Waals surface area contributed by atoms with Crippen LogP contribution in [0.1, 0.15) is 79.1 Å². The van der Waals surface area contributed by atoms with Gasteiger partial charge < -0.3 is 20.4 Å². The van der Waals surface area contributed by atoms with Gasteiger partial charge in [-0.1, -0.05) is 24.6 Å². The molecule has 4 aliphatic rings. The van der Waals surface area contributed by atoms with Gasteiger partial charge in [0.2, 0.25) is 0 Å². The van der Waals surface area contributed by atoms with E-state index >= 15 is 0 Å². The Labute approximate surface area is 190 Å². The van der Waals surface area contributed by atoms with Gasteiger partial charge >= 0.3 is 5.97 Å². The monoisotopic (exact) mass is 446 g/mol. The number of carbonyl (C=O) groups is 2. The molecular weight excluding hydrogens is 408 g/mol. The van der Waals surface area contributed by atoms with Crippen LogP contribution in [-0.2, 0) is 14.4 Å². The van der Waals surface area contributed by atoms with E-state index in [2.05, 4.69) is 37.3 Å². The number of oxime groups is 1. The van der Waals surface area contributed by atoms with Crippen molar-refractivity contribution in [2.45, 2.75) is 90.7 Å². The van der Waals surface area contributed by atoms with Crippen LogP contribution in [0.5, 0.6) is 0 Å². The molecule has 7 nitrogen and oxygen atoms in total. The minimum atomic E-state index is -1.08. The third-order valence-electron chi connectivity index (χ3n) is 9.66. The second-order valence-electron chi connectivity index (χ2n) is 11.3. The van der Waals surface area contributed by atoms with Crippen molar-refractivity contribution in [3.8, 4) is 0 Å². The van der Waals surface area contributed by atoms with Gasteiger partial charge in [0, 0.05) is 0 Å². The summed E-state index contributed by atoms with van der Waals surface area (Å²) in [6.07, 6.45) is 10.6. The topological polar surface area (TPSA) is 108 Å². The molecule has 0 radical (unpaired) electrons. The SMILES string of the molecule is C[C@H](NC(=O)CO/N=C1/C=C2CC[C@@H]3[C@H](CC[C@@]4(C)[C@H]3CC[C@]4(C)O)[C@@]2(C)CC1)C(=O)O. The Morgan fingerprint density at radius 1 is 1.16 bits per heavy atom.